The normalized spacial score (nSPS) is 11.3. The third-order valence-electron chi connectivity index (χ3n) is 4.61. The Morgan fingerprint density at radius 3 is 2.09 bits per heavy atom. The maximum absolute atomic E-state index is 12.5. The molecule has 0 unspecified atom stereocenters. The van der Waals surface area contributed by atoms with E-state index in [1.807, 2.05) is 60.7 Å². The molecule has 1 amide bonds. The fourth-order valence-electron chi connectivity index (χ4n) is 2.92. The molecule has 2 aromatic carbocycles. The summed E-state index contributed by atoms with van der Waals surface area (Å²) in [4.78, 5) is 40.9. The standard InChI is InChI=1S/C24H24N2O7/c1-16-21(23(28)30-2)26-22(33-16)19(13-20(27)31-14-17-9-5-3-6-10-17)25-24(29)32-15-18-11-7-4-8-12-18/h3-12,19H,13-15H2,1-2H3,(H,25,29)/t19-/m0/s1. The van der Waals surface area contributed by atoms with Gasteiger partial charge in [0.1, 0.15) is 25.0 Å². The van der Waals surface area contributed by atoms with Crippen LogP contribution >= 0.6 is 0 Å². The molecular weight excluding hydrogens is 428 g/mol. The molecule has 3 rings (SSSR count). The van der Waals surface area contributed by atoms with Gasteiger partial charge >= 0.3 is 18.0 Å². The Bertz CT molecular complexity index is 1020. The van der Waals surface area contributed by atoms with E-state index in [9.17, 15) is 14.4 Å². The summed E-state index contributed by atoms with van der Waals surface area (Å²) >= 11 is 0. The first kappa shape index (κ1) is 23.5. The van der Waals surface area contributed by atoms with E-state index in [2.05, 4.69) is 15.0 Å². The summed E-state index contributed by atoms with van der Waals surface area (Å²) in [7, 11) is 1.22. The molecule has 1 aromatic heterocycles. The lowest BCUT2D eigenvalue weighted by Crippen LogP contribution is -2.31. The van der Waals surface area contributed by atoms with E-state index in [0.717, 1.165) is 11.1 Å². The van der Waals surface area contributed by atoms with Gasteiger partial charge in [-0.3, -0.25) is 4.79 Å². The van der Waals surface area contributed by atoms with Crippen LogP contribution in [-0.2, 0) is 32.2 Å². The van der Waals surface area contributed by atoms with Gasteiger partial charge in [0.15, 0.2) is 5.69 Å². The molecule has 0 saturated carbocycles. The molecule has 1 atom stereocenters. The van der Waals surface area contributed by atoms with E-state index < -0.39 is 24.1 Å². The van der Waals surface area contributed by atoms with Gasteiger partial charge in [0.2, 0.25) is 5.89 Å². The molecule has 1 heterocycles. The number of esters is 2. The molecule has 9 heteroatoms. The quantitative estimate of drug-likeness (QED) is 0.384. The SMILES string of the molecule is COC(=O)c1nc([C@H](CC(=O)OCc2ccccc2)NC(=O)OCc2ccccc2)oc1C. The Hall–Kier alpha value is -4.14. The molecule has 172 valence electrons. The number of nitrogens with one attached hydrogen (secondary N) is 1. The Morgan fingerprint density at radius 2 is 1.52 bits per heavy atom. The summed E-state index contributed by atoms with van der Waals surface area (Å²) in [6.07, 6.45) is -1.07. The molecule has 3 aromatic rings. The highest BCUT2D eigenvalue weighted by atomic mass is 16.6. The van der Waals surface area contributed by atoms with Crippen molar-refractivity contribution in [2.75, 3.05) is 7.11 Å². The summed E-state index contributed by atoms with van der Waals surface area (Å²) in [6.45, 7) is 1.64. The van der Waals surface area contributed by atoms with Crippen molar-refractivity contribution >= 4 is 18.0 Å². The van der Waals surface area contributed by atoms with Crippen LogP contribution in [0.1, 0.15) is 45.7 Å². The number of hydrogen-bond acceptors (Lipinski definition) is 8. The maximum Gasteiger partial charge on any atom is 0.408 e. The highest BCUT2D eigenvalue weighted by Crippen LogP contribution is 2.21. The highest BCUT2D eigenvalue weighted by Gasteiger charge is 2.28. The molecule has 0 aliphatic carbocycles. The molecule has 0 aliphatic rings. The second-order valence-corrected chi connectivity index (χ2v) is 7.06. The van der Waals surface area contributed by atoms with Gasteiger partial charge in [0.25, 0.3) is 0 Å². The third kappa shape index (κ3) is 6.93. The molecule has 9 nitrogen and oxygen atoms in total. The van der Waals surface area contributed by atoms with Crippen LogP contribution in [0.3, 0.4) is 0 Å². The number of amides is 1. The summed E-state index contributed by atoms with van der Waals surface area (Å²) in [5, 5.41) is 2.56. The summed E-state index contributed by atoms with van der Waals surface area (Å²) in [5.41, 5.74) is 1.57. The van der Waals surface area contributed by atoms with Gasteiger partial charge in [-0.1, -0.05) is 60.7 Å². The largest absolute Gasteiger partial charge is 0.464 e. The molecule has 0 saturated heterocycles. The number of rotatable bonds is 9. The van der Waals surface area contributed by atoms with Crippen molar-refractivity contribution in [3.63, 3.8) is 0 Å². The fraction of sp³-hybridized carbons (Fsp3) is 0.250. The number of methoxy groups -OCH3 is 1. The first-order chi connectivity index (χ1) is 16.0. The van der Waals surface area contributed by atoms with E-state index in [4.69, 9.17) is 13.9 Å². The van der Waals surface area contributed by atoms with Crippen molar-refractivity contribution in [3.05, 3.63) is 89.1 Å². The van der Waals surface area contributed by atoms with Gasteiger partial charge in [-0.2, -0.15) is 0 Å². The van der Waals surface area contributed by atoms with Gasteiger partial charge in [0, 0.05) is 0 Å². The lowest BCUT2D eigenvalue weighted by Gasteiger charge is -2.15. The average molecular weight is 452 g/mol. The van der Waals surface area contributed by atoms with Crippen molar-refractivity contribution in [1.29, 1.82) is 0 Å². The van der Waals surface area contributed by atoms with Crippen molar-refractivity contribution < 1.29 is 33.0 Å². The van der Waals surface area contributed by atoms with Crippen molar-refractivity contribution in [3.8, 4) is 0 Å². The number of aromatic nitrogens is 1. The molecule has 33 heavy (non-hydrogen) atoms. The van der Waals surface area contributed by atoms with E-state index in [0.29, 0.717) is 0 Å². The minimum atomic E-state index is -1.02. The van der Waals surface area contributed by atoms with Crippen LogP contribution in [0.5, 0.6) is 0 Å². The Kier molecular flexibility index (Phi) is 8.18. The Morgan fingerprint density at radius 1 is 0.939 bits per heavy atom. The number of carbonyl (C=O) groups is 3. The lowest BCUT2D eigenvalue weighted by atomic mass is 10.2. The number of oxazole rings is 1. The minimum absolute atomic E-state index is 0.0376. The molecule has 0 spiro atoms. The van der Waals surface area contributed by atoms with Crippen molar-refractivity contribution in [1.82, 2.24) is 10.3 Å². The number of carbonyl (C=O) groups excluding carboxylic acids is 3. The van der Waals surface area contributed by atoms with Gasteiger partial charge in [-0.25, -0.2) is 14.6 Å². The van der Waals surface area contributed by atoms with Crippen LogP contribution in [0.25, 0.3) is 0 Å². The number of benzene rings is 2. The van der Waals surface area contributed by atoms with Gasteiger partial charge < -0.3 is 23.9 Å². The summed E-state index contributed by atoms with van der Waals surface area (Å²) in [6, 6.07) is 17.3. The van der Waals surface area contributed by atoms with Gasteiger partial charge in [-0.15, -0.1) is 0 Å². The predicted molar refractivity (Wildman–Crippen MR) is 116 cm³/mol. The zero-order valence-corrected chi connectivity index (χ0v) is 18.3. The average Bonchev–Trinajstić information content (AvgIpc) is 3.23. The molecule has 0 aliphatic heterocycles. The van der Waals surface area contributed by atoms with Crippen LogP contribution in [0.2, 0.25) is 0 Å². The summed E-state index contributed by atoms with van der Waals surface area (Å²) < 4.78 is 20.8. The predicted octanol–water partition coefficient (Wildman–Crippen LogP) is 3.87. The zero-order valence-electron chi connectivity index (χ0n) is 18.3. The number of nitrogens with zero attached hydrogens (tertiary/aromatic N) is 1. The number of aryl methyl sites for hydroxylation is 1. The van der Waals surface area contributed by atoms with Crippen LogP contribution in [0.15, 0.2) is 65.1 Å². The second kappa shape index (κ2) is 11.5. The molecule has 0 radical (unpaired) electrons. The first-order valence-corrected chi connectivity index (χ1v) is 10.2. The summed E-state index contributed by atoms with van der Waals surface area (Å²) in [5.74, 6) is -1.14. The molecule has 0 bridgehead atoms. The Labute approximate surface area is 190 Å². The van der Waals surface area contributed by atoms with Gasteiger partial charge in [-0.05, 0) is 18.1 Å². The van der Waals surface area contributed by atoms with E-state index in [-0.39, 0.29) is 37.0 Å². The van der Waals surface area contributed by atoms with E-state index >= 15 is 0 Å². The smallest absolute Gasteiger partial charge is 0.408 e. The topological polar surface area (TPSA) is 117 Å². The van der Waals surface area contributed by atoms with Gasteiger partial charge in [0.05, 0.1) is 13.5 Å². The second-order valence-electron chi connectivity index (χ2n) is 7.06. The third-order valence-corrected chi connectivity index (χ3v) is 4.61. The van der Waals surface area contributed by atoms with Crippen LogP contribution < -0.4 is 5.32 Å². The van der Waals surface area contributed by atoms with Crippen molar-refractivity contribution in [2.24, 2.45) is 0 Å². The molecular formula is C24H24N2O7. The number of ether oxygens (including phenoxy) is 3. The lowest BCUT2D eigenvalue weighted by molar-refractivity contribution is -0.145. The monoisotopic (exact) mass is 452 g/mol. The first-order valence-electron chi connectivity index (χ1n) is 10.2. The highest BCUT2D eigenvalue weighted by molar-refractivity contribution is 5.88. The van der Waals surface area contributed by atoms with Crippen LogP contribution in [0, 0.1) is 6.92 Å². The van der Waals surface area contributed by atoms with E-state index in [1.165, 1.54) is 14.0 Å². The number of hydrogen-bond donors (Lipinski definition) is 1. The maximum atomic E-state index is 12.5. The van der Waals surface area contributed by atoms with Crippen molar-refractivity contribution in [2.45, 2.75) is 32.6 Å². The fourth-order valence-corrected chi connectivity index (χ4v) is 2.92. The molecule has 1 N–H and O–H groups in total. The van der Waals surface area contributed by atoms with Crippen LogP contribution in [-0.4, -0.2) is 30.1 Å². The zero-order chi connectivity index (χ0) is 23.6. The van der Waals surface area contributed by atoms with E-state index in [1.54, 1.807) is 0 Å². The minimum Gasteiger partial charge on any atom is -0.464 e. The van der Waals surface area contributed by atoms with Crippen LogP contribution in [0.4, 0.5) is 4.79 Å². The molecule has 0 fully saturated rings. The Balaban J connectivity index is 1.69. The number of alkyl carbamates (subject to hydrolysis) is 1.